The molecule has 0 unspecified atom stereocenters. The minimum absolute atomic E-state index is 0.286. The zero-order valence-electron chi connectivity index (χ0n) is 9.73. The predicted molar refractivity (Wildman–Crippen MR) is 71.5 cm³/mol. The van der Waals surface area contributed by atoms with E-state index in [4.69, 9.17) is 0 Å². The summed E-state index contributed by atoms with van der Waals surface area (Å²) in [5.41, 5.74) is 9.54. The molecule has 2 aromatic rings. The Balaban J connectivity index is 1.99. The number of carbonyl (C=O) groups is 1. The molecule has 2 aromatic carbocycles. The highest BCUT2D eigenvalue weighted by atomic mass is 16.2. The molecule has 4 aliphatic heterocycles. The van der Waals surface area contributed by atoms with Gasteiger partial charge in [0.15, 0.2) is 0 Å². The van der Waals surface area contributed by atoms with Crippen LogP contribution in [0.1, 0.15) is 11.1 Å². The van der Waals surface area contributed by atoms with Crippen molar-refractivity contribution in [2.75, 3.05) is 10.7 Å². The molecule has 0 saturated carbocycles. The van der Waals surface area contributed by atoms with Gasteiger partial charge in [-0.2, -0.15) is 0 Å². The van der Waals surface area contributed by atoms with Crippen molar-refractivity contribution in [3.63, 3.8) is 0 Å². The number of hydrogen-bond acceptors (Lipinski definition) is 2. The molecule has 0 saturated heterocycles. The number of carbonyl (C=O) groups excluding carboxylic acids is 1. The van der Waals surface area contributed by atoms with E-state index in [0.29, 0.717) is 0 Å². The molecule has 4 heteroatoms. The van der Waals surface area contributed by atoms with E-state index in [1.54, 1.807) is 0 Å². The molecule has 18 heavy (non-hydrogen) atoms. The Labute approximate surface area is 105 Å². The molecule has 0 aromatic heterocycles. The summed E-state index contributed by atoms with van der Waals surface area (Å²) in [5, 5.41) is 2.75. The highest BCUT2D eigenvalue weighted by Gasteiger charge is 2.04. The summed E-state index contributed by atoms with van der Waals surface area (Å²) in [6.45, 7) is 0. The number of hydrazine groups is 1. The van der Waals surface area contributed by atoms with Crippen LogP contribution in [0.2, 0.25) is 0 Å². The lowest BCUT2D eigenvalue weighted by molar-refractivity contribution is 0.254. The van der Waals surface area contributed by atoms with E-state index in [0.717, 1.165) is 17.8 Å². The van der Waals surface area contributed by atoms with Gasteiger partial charge in [0.25, 0.3) is 0 Å². The van der Waals surface area contributed by atoms with Gasteiger partial charge < -0.3 is 5.32 Å². The lowest BCUT2D eigenvalue weighted by atomic mass is 10.0. The lowest BCUT2D eigenvalue weighted by Gasteiger charge is -2.09. The number of rotatable bonds is 0. The number of anilines is 2. The summed E-state index contributed by atoms with van der Waals surface area (Å²) in [5.74, 6) is 0. The summed E-state index contributed by atoms with van der Waals surface area (Å²) >= 11 is 0. The van der Waals surface area contributed by atoms with Crippen molar-refractivity contribution >= 4 is 17.4 Å². The normalized spacial score (nSPS) is 13.7. The largest absolute Gasteiger partial charge is 0.337 e. The van der Waals surface area contributed by atoms with Gasteiger partial charge in [-0.05, 0) is 41.8 Å². The smallest absolute Gasteiger partial charge is 0.307 e. The second kappa shape index (κ2) is 4.41. The first-order valence-electron chi connectivity index (χ1n) is 5.80. The molecule has 4 heterocycles. The molecule has 0 aliphatic carbocycles. The van der Waals surface area contributed by atoms with Gasteiger partial charge in [0, 0.05) is 5.69 Å². The lowest BCUT2D eigenvalue weighted by Crippen LogP contribution is -2.33. The molecule has 90 valence electrons. The Hall–Kier alpha value is -2.49. The molecule has 3 N–H and O–H groups in total. The Morgan fingerprint density at radius 3 is 1.89 bits per heavy atom. The van der Waals surface area contributed by atoms with Crippen LogP contribution >= 0.6 is 0 Å². The zero-order valence-corrected chi connectivity index (χ0v) is 9.73. The van der Waals surface area contributed by atoms with Gasteiger partial charge in [-0.3, -0.25) is 10.9 Å². The van der Waals surface area contributed by atoms with Crippen LogP contribution in [0.4, 0.5) is 16.2 Å². The Bertz CT molecular complexity index is 561. The van der Waals surface area contributed by atoms with Gasteiger partial charge >= 0.3 is 6.03 Å². The van der Waals surface area contributed by atoms with Crippen LogP contribution < -0.4 is 16.2 Å². The Morgan fingerprint density at radius 1 is 0.722 bits per heavy atom. The van der Waals surface area contributed by atoms with Crippen molar-refractivity contribution < 1.29 is 4.79 Å². The third kappa shape index (κ3) is 2.27. The SMILES string of the molecule is O=C1NNc2ccc(cc2)Cc2ccc(cc2)N1. The third-order valence-corrected chi connectivity index (χ3v) is 2.89. The summed E-state index contributed by atoms with van der Waals surface area (Å²) in [4.78, 5) is 11.6. The van der Waals surface area contributed by atoms with Crippen LogP contribution in [0, 0.1) is 0 Å². The van der Waals surface area contributed by atoms with E-state index >= 15 is 0 Å². The molecule has 4 aliphatic rings. The number of amides is 2. The van der Waals surface area contributed by atoms with E-state index in [-0.39, 0.29) is 6.03 Å². The number of nitrogens with one attached hydrogen (secondary N) is 3. The van der Waals surface area contributed by atoms with Crippen molar-refractivity contribution in [1.29, 1.82) is 0 Å². The molecule has 2 amide bonds. The van der Waals surface area contributed by atoms with E-state index < -0.39 is 0 Å². The monoisotopic (exact) mass is 239 g/mol. The molecule has 0 atom stereocenters. The minimum atomic E-state index is -0.286. The second-order valence-electron chi connectivity index (χ2n) is 4.27. The van der Waals surface area contributed by atoms with Crippen LogP contribution in [0.5, 0.6) is 0 Å². The van der Waals surface area contributed by atoms with Crippen LogP contribution in [0.3, 0.4) is 0 Å². The molecular weight excluding hydrogens is 226 g/mol. The molecule has 4 nitrogen and oxygen atoms in total. The zero-order chi connectivity index (χ0) is 12.4. The Morgan fingerprint density at radius 2 is 1.28 bits per heavy atom. The van der Waals surface area contributed by atoms with Crippen LogP contribution in [-0.2, 0) is 6.42 Å². The van der Waals surface area contributed by atoms with E-state index in [9.17, 15) is 4.79 Å². The van der Waals surface area contributed by atoms with Gasteiger partial charge in [0.1, 0.15) is 0 Å². The van der Waals surface area contributed by atoms with Gasteiger partial charge in [-0.1, -0.05) is 24.3 Å². The molecule has 0 radical (unpaired) electrons. The number of benzene rings is 2. The van der Waals surface area contributed by atoms with Crippen LogP contribution in [-0.4, -0.2) is 6.03 Å². The minimum Gasteiger partial charge on any atom is -0.307 e. The molecular formula is C14H13N3O. The van der Waals surface area contributed by atoms with E-state index in [2.05, 4.69) is 16.2 Å². The van der Waals surface area contributed by atoms with Crippen molar-refractivity contribution in [2.45, 2.75) is 6.42 Å². The highest BCUT2D eigenvalue weighted by Crippen LogP contribution is 2.16. The second-order valence-corrected chi connectivity index (χ2v) is 4.27. The summed E-state index contributed by atoms with van der Waals surface area (Å²) in [6, 6.07) is 15.6. The number of urea groups is 1. The molecule has 6 rings (SSSR count). The maximum absolute atomic E-state index is 11.6. The number of hydrogen-bond donors (Lipinski definition) is 3. The average Bonchev–Trinajstić information content (AvgIpc) is 2.43. The topological polar surface area (TPSA) is 53.2 Å². The summed E-state index contributed by atoms with van der Waals surface area (Å²) in [6.07, 6.45) is 0.891. The predicted octanol–water partition coefficient (Wildman–Crippen LogP) is 2.74. The fourth-order valence-electron chi connectivity index (χ4n) is 1.94. The fourth-order valence-corrected chi connectivity index (χ4v) is 1.94. The highest BCUT2D eigenvalue weighted by molar-refractivity contribution is 5.90. The van der Waals surface area contributed by atoms with Crippen LogP contribution in [0.25, 0.3) is 0 Å². The standard InChI is InChI=1S/C14H13N3O/c18-14-15-12-5-1-10(2-6-12)9-11-3-7-13(8-4-11)16-17-14/h1-8,16H,9H2,(H2,15,17,18). The van der Waals surface area contributed by atoms with Gasteiger partial charge in [0.05, 0.1) is 5.69 Å². The fraction of sp³-hybridized carbons (Fsp3) is 0.0714. The van der Waals surface area contributed by atoms with Gasteiger partial charge in [0.2, 0.25) is 0 Å². The van der Waals surface area contributed by atoms with Gasteiger partial charge in [-0.25, -0.2) is 4.79 Å². The first-order valence-corrected chi connectivity index (χ1v) is 5.80. The van der Waals surface area contributed by atoms with Crippen molar-refractivity contribution in [1.82, 2.24) is 5.43 Å². The average molecular weight is 239 g/mol. The van der Waals surface area contributed by atoms with Crippen molar-refractivity contribution in [2.24, 2.45) is 0 Å². The Kier molecular flexibility index (Phi) is 2.61. The maximum atomic E-state index is 11.6. The van der Waals surface area contributed by atoms with Gasteiger partial charge in [-0.15, -0.1) is 0 Å². The van der Waals surface area contributed by atoms with Crippen molar-refractivity contribution in [3.8, 4) is 0 Å². The third-order valence-electron chi connectivity index (χ3n) is 2.89. The first kappa shape index (κ1) is 10.7. The first-order chi connectivity index (χ1) is 8.79. The van der Waals surface area contributed by atoms with Crippen LogP contribution in [0.15, 0.2) is 48.5 Å². The van der Waals surface area contributed by atoms with E-state index in [1.807, 2.05) is 48.5 Å². The summed E-state index contributed by atoms with van der Waals surface area (Å²) in [7, 11) is 0. The maximum Gasteiger partial charge on any atom is 0.337 e. The van der Waals surface area contributed by atoms with Crippen molar-refractivity contribution in [3.05, 3.63) is 59.7 Å². The molecule has 0 fully saturated rings. The molecule has 4 bridgehead atoms. The summed E-state index contributed by atoms with van der Waals surface area (Å²) < 4.78 is 0. The van der Waals surface area contributed by atoms with E-state index in [1.165, 1.54) is 11.1 Å². The quantitative estimate of drug-likeness (QED) is 0.662. The molecule has 0 spiro atoms.